The van der Waals surface area contributed by atoms with Crippen molar-refractivity contribution in [1.82, 2.24) is 0 Å². The lowest BCUT2D eigenvalue weighted by Crippen LogP contribution is -2.25. The second kappa shape index (κ2) is 8.50. The molecule has 1 aromatic carbocycles. The zero-order valence-corrected chi connectivity index (χ0v) is 14.2. The Morgan fingerprint density at radius 1 is 1.22 bits per heavy atom. The van der Waals surface area contributed by atoms with Gasteiger partial charge >= 0.3 is 0 Å². The highest BCUT2D eigenvalue weighted by molar-refractivity contribution is 7.84. The van der Waals surface area contributed by atoms with Crippen LogP contribution in [-0.4, -0.2) is 35.3 Å². The van der Waals surface area contributed by atoms with Crippen molar-refractivity contribution in [3.05, 3.63) is 42.2 Å². The molecule has 1 fully saturated rings. The molecule has 0 saturated carbocycles. The molecule has 0 radical (unpaired) electrons. The van der Waals surface area contributed by atoms with Crippen LogP contribution in [0.5, 0.6) is 0 Å². The number of rotatable bonds is 6. The van der Waals surface area contributed by atoms with Crippen molar-refractivity contribution in [2.45, 2.75) is 42.8 Å². The van der Waals surface area contributed by atoms with Crippen LogP contribution < -0.4 is 5.32 Å². The van der Waals surface area contributed by atoms with Gasteiger partial charge in [-0.1, -0.05) is 12.1 Å². The minimum absolute atomic E-state index is 0.236. The Hall–Kier alpha value is -1.33. The molecule has 5 heteroatoms. The Balaban J connectivity index is 1.52. The lowest BCUT2D eigenvalue weighted by Gasteiger charge is -2.22. The SMILES string of the molecule is O=[S@@](Cc1cccc(NC[C@@H]2CCC=CO2)c1)C1CCOCC1. The van der Waals surface area contributed by atoms with E-state index >= 15 is 0 Å². The zero-order chi connectivity index (χ0) is 15.9. The highest BCUT2D eigenvalue weighted by atomic mass is 32.2. The molecule has 1 saturated heterocycles. The van der Waals surface area contributed by atoms with Crippen molar-refractivity contribution in [3.8, 4) is 0 Å². The number of allylic oxidation sites excluding steroid dienone is 1. The number of nitrogens with one attached hydrogen (secondary N) is 1. The van der Waals surface area contributed by atoms with E-state index in [9.17, 15) is 4.21 Å². The van der Waals surface area contributed by atoms with Crippen LogP contribution in [0.1, 0.15) is 31.2 Å². The van der Waals surface area contributed by atoms with Crippen molar-refractivity contribution in [3.63, 3.8) is 0 Å². The molecule has 0 bridgehead atoms. The van der Waals surface area contributed by atoms with Gasteiger partial charge in [-0.2, -0.15) is 0 Å². The molecular weight excluding hydrogens is 310 g/mol. The monoisotopic (exact) mass is 335 g/mol. The van der Waals surface area contributed by atoms with E-state index in [1.807, 2.05) is 6.07 Å². The first-order chi connectivity index (χ1) is 11.3. The van der Waals surface area contributed by atoms with Gasteiger partial charge in [0.1, 0.15) is 6.10 Å². The van der Waals surface area contributed by atoms with Crippen molar-refractivity contribution in [2.24, 2.45) is 0 Å². The van der Waals surface area contributed by atoms with Crippen LogP contribution in [0.3, 0.4) is 0 Å². The minimum Gasteiger partial charge on any atom is -0.497 e. The van der Waals surface area contributed by atoms with E-state index < -0.39 is 10.8 Å². The Bertz CT molecular complexity index is 555. The Kier molecular flexibility index (Phi) is 6.11. The van der Waals surface area contributed by atoms with Crippen LogP contribution in [-0.2, 0) is 26.0 Å². The summed E-state index contributed by atoms with van der Waals surface area (Å²) in [6, 6.07) is 8.25. The van der Waals surface area contributed by atoms with Gasteiger partial charge in [0.2, 0.25) is 0 Å². The molecule has 4 nitrogen and oxygen atoms in total. The van der Waals surface area contributed by atoms with E-state index in [0.29, 0.717) is 5.75 Å². The Morgan fingerprint density at radius 2 is 2.09 bits per heavy atom. The third kappa shape index (κ3) is 5.08. The van der Waals surface area contributed by atoms with Gasteiger partial charge in [-0.25, -0.2) is 0 Å². The van der Waals surface area contributed by atoms with Crippen LogP contribution in [0.15, 0.2) is 36.6 Å². The maximum absolute atomic E-state index is 12.5. The first-order valence-corrected chi connectivity index (χ1v) is 9.77. The molecule has 1 N–H and O–H groups in total. The molecule has 1 aromatic rings. The quantitative estimate of drug-likeness (QED) is 0.867. The van der Waals surface area contributed by atoms with Crippen LogP contribution in [0.2, 0.25) is 0 Å². The zero-order valence-electron chi connectivity index (χ0n) is 13.4. The fourth-order valence-corrected chi connectivity index (χ4v) is 4.42. The summed E-state index contributed by atoms with van der Waals surface area (Å²) in [5.74, 6) is 0.628. The van der Waals surface area contributed by atoms with Crippen LogP contribution in [0.4, 0.5) is 5.69 Å². The highest BCUT2D eigenvalue weighted by Crippen LogP contribution is 2.19. The minimum atomic E-state index is -0.816. The molecule has 0 amide bonds. The average Bonchev–Trinajstić information content (AvgIpc) is 2.62. The van der Waals surface area contributed by atoms with E-state index in [1.165, 1.54) is 0 Å². The molecule has 2 atom stereocenters. The highest BCUT2D eigenvalue weighted by Gasteiger charge is 2.20. The summed E-state index contributed by atoms with van der Waals surface area (Å²) >= 11 is 0. The third-order valence-corrected chi connectivity index (χ3v) is 6.17. The molecular formula is C18H25NO3S. The molecule has 2 aliphatic rings. The van der Waals surface area contributed by atoms with E-state index in [1.54, 1.807) is 6.26 Å². The van der Waals surface area contributed by atoms with Crippen molar-refractivity contribution >= 4 is 16.5 Å². The summed E-state index contributed by atoms with van der Waals surface area (Å²) in [5, 5.41) is 3.71. The summed E-state index contributed by atoms with van der Waals surface area (Å²) < 4.78 is 23.4. The van der Waals surface area contributed by atoms with Gasteiger partial charge in [0.05, 0.1) is 12.8 Å². The topological polar surface area (TPSA) is 47.6 Å². The number of anilines is 1. The number of hydrogen-bond donors (Lipinski definition) is 1. The normalized spacial score (nSPS) is 23.2. The molecule has 2 aliphatic heterocycles. The Labute approximate surface area is 140 Å². The maximum Gasteiger partial charge on any atom is 0.115 e. The summed E-state index contributed by atoms with van der Waals surface area (Å²) in [4.78, 5) is 0. The van der Waals surface area contributed by atoms with Gasteiger partial charge in [0, 0.05) is 40.7 Å². The van der Waals surface area contributed by atoms with Crippen molar-refractivity contribution < 1.29 is 13.7 Å². The summed E-state index contributed by atoms with van der Waals surface area (Å²) in [7, 11) is -0.816. The van der Waals surface area contributed by atoms with Gasteiger partial charge in [-0.15, -0.1) is 0 Å². The van der Waals surface area contributed by atoms with Crippen LogP contribution in [0, 0.1) is 0 Å². The summed E-state index contributed by atoms with van der Waals surface area (Å²) in [6.45, 7) is 2.29. The number of ether oxygens (including phenoxy) is 2. The van der Waals surface area contributed by atoms with Gasteiger partial charge in [0.15, 0.2) is 0 Å². The smallest absolute Gasteiger partial charge is 0.115 e. The molecule has 3 rings (SSSR count). The number of hydrogen-bond acceptors (Lipinski definition) is 4. The number of benzene rings is 1. The van der Waals surface area contributed by atoms with Gasteiger partial charge in [0.25, 0.3) is 0 Å². The predicted molar refractivity (Wildman–Crippen MR) is 93.9 cm³/mol. The summed E-state index contributed by atoms with van der Waals surface area (Å²) in [5.41, 5.74) is 2.20. The van der Waals surface area contributed by atoms with Crippen LogP contribution in [0.25, 0.3) is 0 Å². The molecule has 0 aromatic heterocycles. The lowest BCUT2D eigenvalue weighted by atomic mass is 10.1. The molecule has 0 spiro atoms. The average molecular weight is 335 g/mol. The molecule has 23 heavy (non-hydrogen) atoms. The first-order valence-electron chi connectivity index (χ1n) is 8.39. The predicted octanol–water partition coefficient (Wildman–Crippen LogP) is 3.22. The van der Waals surface area contributed by atoms with Gasteiger partial charge in [-0.05, 0) is 49.5 Å². The lowest BCUT2D eigenvalue weighted by molar-refractivity contribution is 0.0992. The second-order valence-corrected chi connectivity index (χ2v) is 7.84. The molecule has 2 heterocycles. The second-order valence-electron chi connectivity index (χ2n) is 6.13. The van der Waals surface area contributed by atoms with Gasteiger partial charge < -0.3 is 14.8 Å². The van der Waals surface area contributed by atoms with Crippen molar-refractivity contribution in [2.75, 3.05) is 25.1 Å². The molecule has 126 valence electrons. The fraction of sp³-hybridized carbons (Fsp3) is 0.556. The van der Waals surface area contributed by atoms with Crippen molar-refractivity contribution in [1.29, 1.82) is 0 Å². The molecule has 0 unspecified atom stereocenters. The van der Waals surface area contributed by atoms with E-state index in [2.05, 4.69) is 29.6 Å². The van der Waals surface area contributed by atoms with Gasteiger partial charge in [-0.3, -0.25) is 4.21 Å². The van der Waals surface area contributed by atoms with E-state index in [-0.39, 0.29) is 11.4 Å². The standard InChI is InChI=1S/C18H25NO3S/c20-23(18-7-10-21-11-8-18)14-15-4-3-5-16(12-15)19-13-17-6-1-2-9-22-17/h2-5,9,12,17-19H,1,6-8,10-11,13-14H2/t17-,23-/m0/s1. The Morgan fingerprint density at radius 3 is 2.87 bits per heavy atom. The van der Waals surface area contributed by atoms with E-state index in [0.717, 1.165) is 56.7 Å². The first kappa shape index (κ1) is 16.5. The fourth-order valence-electron chi connectivity index (χ4n) is 2.96. The van der Waals surface area contributed by atoms with E-state index in [4.69, 9.17) is 9.47 Å². The summed E-state index contributed by atoms with van der Waals surface area (Å²) in [6.07, 6.45) is 8.05. The molecule has 0 aliphatic carbocycles. The third-order valence-electron chi connectivity index (χ3n) is 4.33. The van der Waals surface area contributed by atoms with Crippen LogP contribution >= 0.6 is 0 Å². The largest absolute Gasteiger partial charge is 0.497 e. The maximum atomic E-state index is 12.5.